The quantitative estimate of drug-likeness (QED) is 0.704. The molecule has 1 heterocycles. The Bertz CT molecular complexity index is 873. The van der Waals surface area contributed by atoms with Gasteiger partial charge in [-0.3, -0.25) is 9.78 Å². The molecule has 1 aromatic carbocycles. The van der Waals surface area contributed by atoms with Crippen molar-refractivity contribution in [1.29, 1.82) is 0 Å². The molecule has 0 N–H and O–H groups in total. The number of benzene rings is 1. The maximum absolute atomic E-state index is 12.9. The summed E-state index contributed by atoms with van der Waals surface area (Å²) in [6, 6.07) is 7.67. The molecule has 0 unspecified atom stereocenters. The molecule has 2 aliphatic rings. The number of pyridine rings is 1. The highest BCUT2D eigenvalue weighted by molar-refractivity contribution is 6.05. The van der Waals surface area contributed by atoms with Gasteiger partial charge in [0.25, 0.3) is 5.91 Å². The number of ether oxygens (including phenoxy) is 1. The summed E-state index contributed by atoms with van der Waals surface area (Å²) < 4.78 is 5.49. The van der Waals surface area contributed by atoms with Crippen LogP contribution in [-0.2, 0) is 22.4 Å². The van der Waals surface area contributed by atoms with Crippen molar-refractivity contribution >= 4 is 22.8 Å². The van der Waals surface area contributed by atoms with Crippen LogP contribution in [0.3, 0.4) is 0 Å². The van der Waals surface area contributed by atoms with Crippen LogP contribution in [0.1, 0.15) is 54.2 Å². The molecule has 1 amide bonds. The van der Waals surface area contributed by atoms with Crippen molar-refractivity contribution < 1.29 is 14.3 Å². The molecule has 2 aliphatic carbocycles. The highest BCUT2D eigenvalue weighted by Crippen LogP contribution is 2.31. The largest absolute Gasteiger partial charge is 0.452 e. The fourth-order valence-corrected chi connectivity index (χ4v) is 3.93. The van der Waals surface area contributed by atoms with E-state index in [-0.39, 0.29) is 12.5 Å². The summed E-state index contributed by atoms with van der Waals surface area (Å²) >= 11 is 0. The maximum atomic E-state index is 12.9. The molecule has 142 valence electrons. The van der Waals surface area contributed by atoms with Gasteiger partial charge in [0.05, 0.1) is 11.1 Å². The summed E-state index contributed by atoms with van der Waals surface area (Å²) in [5, 5.41) is 0.819. The van der Waals surface area contributed by atoms with Gasteiger partial charge in [0.2, 0.25) is 0 Å². The number of aryl methyl sites for hydroxylation is 1. The van der Waals surface area contributed by atoms with Gasteiger partial charge in [-0.1, -0.05) is 25.1 Å². The van der Waals surface area contributed by atoms with E-state index in [0.717, 1.165) is 60.9 Å². The molecular weight excluding hydrogens is 340 g/mol. The van der Waals surface area contributed by atoms with Crippen LogP contribution in [0, 0.1) is 5.92 Å². The minimum Gasteiger partial charge on any atom is -0.452 e. The Morgan fingerprint density at radius 3 is 2.81 bits per heavy atom. The van der Waals surface area contributed by atoms with Gasteiger partial charge in [0, 0.05) is 24.2 Å². The second kappa shape index (κ2) is 7.67. The van der Waals surface area contributed by atoms with Gasteiger partial charge in [0.15, 0.2) is 6.61 Å². The average Bonchev–Trinajstić information content (AvgIpc) is 3.38. The lowest BCUT2D eigenvalue weighted by molar-refractivity contribution is -0.134. The van der Waals surface area contributed by atoms with Crippen molar-refractivity contribution in [3.8, 4) is 0 Å². The molecular formula is C22H26N2O3. The Hall–Kier alpha value is -2.43. The summed E-state index contributed by atoms with van der Waals surface area (Å²) in [4.78, 5) is 32.0. The van der Waals surface area contributed by atoms with Crippen LogP contribution in [0.5, 0.6) is 0 Å². The molecule has 0 atom stereocenters. The summed E-state index contributed by atoms with van der Waals surface area (Å²) in [6.07, 6.45) is 6.05. The van der Waals surface area contributed by atoms with Gasteiger partial charge in [-0.25, -0.2) is 4.79 Å². The summed E-state index contributed by atoms with van der Waals surface area (Å²) in [7, 11) is 0. The number of hydrogen-bond donors (Lipinski definition) is 0. The summed E-state index contributed by atoms with van der Waals surface area (Å²) in [5.41, 5.74) is 3.41. The molecule has 1 saturated carbocycles. The first-order valence-electron chi connectivity index (χ1n) is 10.0. The summed E-state index contributed by atoms with van der Waals surface area (Å²) in [6.45, 7) is 3.39. The fraction of sp³-hybridized carbons (Fsp3) is 0.500. The number of fused-ring (bicyclic) bond motifs is 2. The van der Waals surface area contributed by atoms with E-state index in [2.05, 4.69) is 6.92 Å². The normalized spacial score (nSPS) is 15.6. The van der Waals surface area contributed by atoms with Crippen LogP contribution in [0.2, 0.25) is 0 Å². The van der Waals surface area contributed by atoms with Crippen LogP contribution in [-0.4, -0.2) is 41.5 Å². The van der Waals surface area contributed by atoms with Gasteiger partial charge in [-0.05, 0) is 56.1 Å². The van der Waals surface area contributed by atoms with Crippen LogP contribution >= 0.6 is 0 Å². The summed E-state index contributed by atoms with van der Waals surface area (Å²) in [5.74, 6) is 0.138. The first kappa shape index (κ1) is 18.0. The molecule has 1 fully saturated rings. The van der Waals surface area contributed by atoms with E-state index in [9.17, 15) is 9.59 Å². The Morgan fingerprint density at radius 1 is 1.22 bits per heavy atom. The lowest BCUT2D eigenvalue weighted by Crippen LogP contribution is -2.37. The minimum absolute atomic E-state index is 0.0906. The minimum atomic E-state index is -0.400. The molecule has 5 nitrogen and oxygen atoms in total. The lowest BCUT2D eigenvalue weighted by atomic mass is 10.0. The van der Waals surface area contributed by atoms with E-state index in [1.165, 1.54) is 12.8 Å². The van der Waals surface area contributed by atoms with Crippen molar-refractivity contribution in [3.63, 3.8) is 0 Å². The Kier molecular flexibility index (Phi) is 5.10. The number of rotatable bonds is 7. The van der Waals surface area contributed by atoms with E-state index >= 15 is 0 Å². The van der Waals surface area contributed by atoms with E-state index in [1.54, 1.807) is 0 Å². The number of carbonyl (C=O) groups is 2. The van der Waals surface area contributed by atoms with E-state index in [1.807, 2.05) is 29.2 Å². The predicted molar refractivity (Wildman–Crippen MR) is 104 cm³/mol. The highest BCUT2D eigenvalue weighted by atomic mass is 16.5. The average molecular weight is 366 g/mol. The third-order valence-corrected chi connectivity index (χ3v) is 5.47. The van der Waals surface area contributed by atoms with Crippen LogP contribution < -0.4 is 0 Å². The van der Waals surface area contributed by atoms with Gasteiger partial charge < -0.3 is 9.64 Å². The number of para-hydroxylation sites is 1. The number of esters is 1. The Balaban J connectivity index is 1.52. The van der Waals surface area contributed by atoms with Crippen LogP contribution in [0.4, 0.5) is 0 Å². The van der Waals surface area contributed by atoms with Crippen LogP contribution in [0.15, 0.2) is 24.3 Å². The third kappa shape index (κ3) is 3.82. The zero-order valence-electron chi connectivity index (χ0n) is 15.9. The second-order valence-corrected chi connectivity index (χ2v) is 7.64. The van der Waals surface area contributed by atoms with Crippen molar-refractivity contribution in [2.75, 3.05) is 19.7 Å². The fourth-order valence-electron chi connectivity index (χ4n) is 3.93. The molecule has 27 heavy (non-hydrogen) atoms. The third-order valence-electron chi connectivity index (χ3n) is 5.47. The van der Waals surface area contributed by atoms with Gasteiger partial charge in [-0.2, -0.15) is 0 Å². The smallest absolute Gasteiger partial charge is 0.339 e. The van der Waals surface area contributed by atoms with Crippen LogP contribution in [0.25, 0.3) is 10.9 Å². The molecule has 2 aromatic rings. The number of aromatic nitrogens is 1. The molecule has 0 bridgehead atoms. The molecule has 0 saturated heterocycles. The first-order valence-corrected chi connectivity index (χ1v) is 10.0. The Labute approximate surface area is 159 Å². The zero-order valence-corrected chi connectivity index (χ0v) is 15.9. The SMILES string of the molecule is CCCN(CC1CC1)C(=O)COC(=O)c1c2c(nc3ccccc13)CCC2. The zero-order chi connectivity index (χ0) is 18.8. The van der Waals surface area contributed by atoms with E-state index in [4.69, 9.17) is 9.72 Å². The number of carbonyl (C=O) groups excluding carboxylic acids is 2. The first-order chi connectivity index (χ1) is 13.2. The number of nitrogens with zero attached hydrogens (tertiary/aromatic N) is 2. The van der Waals surface area contributed by atoms with E-state index < -0.39 is 5.97 Å². The maximum Gasteiger partial charge on any atom is 0.339 e. The second-order valence-electron chi connectivity index (χ2n) is 7.64. The molecule has 5 heteroatoms. The number of hydrogen-bond acceptors (Lipinski definition) is 4. The lowest BCUT2D eigenvalue weighted by Gasteiger charge is -2.22. The molecule has 4 rings (SSSR count). The highest BCUT2D eigenvalue weighted by Gasteiger charge is 2.28. The standard InChI is InChI=1S/C22H26N2O3/c1-2-12-24(13-15-10-11-15)20(25)14-27-22(26)21-16-6-3-4-8-18(16)23-19-9-5-7-17(19)21/h3-4,6,8,15H,2,5,7,9-14H2,1H3. The van der Waals surface area contributed by atoms with E-state index in [0.29, 0.717) is 11.5 Å². The van der Waals surface area contributed by atoms with Gasteiger partial charge >= 0.3 is 5.97 Å². The monoisotopic (exact) mass is 366 g/mol. The molecule has 0 aliphatic heterocycles. The van der Waals surface area contributed by atoms with Crippen molar-refractivity contribution in [2.24, 2.45) is 5.92 Å². The van der Waals surface area contributed by atoms with Gasteiger partial charge in [-0.15, -0.1) is 0 Å². The van der Waals surface area contributed by atoms with Crippen molar-refractivity contribution in [1.82, 2.24) is 9.88 Å². The molecule has 1 aromatic heterocycles. The van der Waals surface area contributed by atoms with Gasteiger partial charge in [0.1, 0.15) is 0 Å². The molecule has 0 radical (unpaired) electrons. The predicted octanol–water partition coefficient (Wildman–Crippen LogP) is 3.53. The molecule has 0 spiro atoms. The number of amides is 1. The van der Waals surface area contributed by atoms with Crippen molar-refractivity contribution in [3.05, 3.63) is 41.1 Å². The Morgan fingerprint density at radius 2 is 2.04 bits per heavy atom. The topological polar surface area (TPSA) is 59.5 Å². The van der Waals surface area contributed by atoms with Crippen molar-refractivity contribution in [2.45, 2.75) is 45.4 Å².